The van der Waals surface area contributed by atoms with E-state index in [0.717, 1.165) is 36.9 Å². The topological polar surface area (TPSA) is 71.2 Å². The quantitative estimate of drug-likeness (QED) is 0.345. The summed E-state index contributed by atoms with van der Waals surface area (Å²) in [4.78, 5) is 10.9. The van der Waals surface area contributed by atoms with E-state index in [9.17, 15) is 26.3 Å². The second-order valence-electron chi connectivity index (χ2n) is 8.45. The van der Waals surface area contributed by atoms with Crippen molar-refractivity contribution in [3.63, 3.8) is 0 Å². The van der Waals surface area contributed by atoms with Gasteiger partial charge in [-0.15, -0.1) is 5.10 Å². The van der Waals surface area contributed by atoms with Crippen molar-refractivity contribution in [3.8, 4) is 11.1 Å². The van der Waals surface area contributed by atoms with E-state index in [1.807, 2.05) is 6.92 Å². The zero-order valence-corrected chi connectivity index (χ0v) is 19.5. The van der Waals surface area contributed by atoms with E-state index >= 15 is 0 Å². The number of piperidine rings is 1. The third-order valence-corrected chi connectivity index (χ3v) is 6.74. The van der Waals surface area contributed by atoms with Crippen molar-refractivity contribution in [2.45, 2.75) is 38.2 Å². The molecule has 36 heavy (non-hydrogen) atoms. The molecule has 1 saturated heterocycles. The zero-order valence-electron chi connectivity index (χ0n) is 18.7. The fourth-order valence-corrected chi connectivity index (χ4v) is 4.84. The summed E-state index contributed by atoms with van der Waals surface area (Å²) in [6.07, 6.45) is -6.81. The van der Waals surface area contributed by atoms with Gasteiger partial charge >= 0.3 is 12.4 Å². The monoisotopic (exact) mass is 527 g/mol. The zero-order chi connectivity index (χ0) is 25.7. The Balaban J connectivity index is 1.41. The number of aromatic nitrogens is 5. The first-order valence-corrected chi connectivity index (χ1v) is 11.7. The molecule has 190 valence electrons. The molecule has 0 bridgehead atoms. The smallest absolute Gasteiger partial charge is 0.350 e. The first kappa shape index (κ1) is 24.3. The lowest BCUT2D eigenvalue weighted by atomic mass is 10.00. The fraction of sp³-hybridized carbons (Fsp3) is 0.364. The van der Waals surface area contributed by atoms with Gasteiger partial charge in [0.05, 0.1) is 11.1 Å². The number of aryl methyl sites for hydroxylation is 1. The van der Waals surface area contributed by atoms with Crippen LogP contribution in [0.5, 0.6) is 0 Å². The van der Waals surface area contributed by atoms with E-state index in [2.05, 4.69) is 29.7 Å². The molecule has 7 nitrogen and oxygen atoms in total. The van der Waals surface area contributed by atoms with Crippen molar-refractivity contribution in [2.75, 3.05) is 23.3 Å². The van der Waals surface area contributed by atoms with Crippen molar-refractivity contribution in [3.05, 3.63) is 53.5 Å². The molecule has 0 spiro atoms. The van der Waals surface area contributed by atoms with Crippen LogP contribution in [-0.2, 0) is 12.4 Å². The van der Waals surface area contributed by atoms with Crippen LogP contribution in [-0.4, -0.2) is 43.1 Å². The lowest BCUT2D eigenvalue weighted by molar-refractivity contribution is -0.143. The normalized spacial score (nSPS) is 15.6. The summed E-state index contributed by atoms with van der Waals surface area (Å²) in [5, 5.41) is 8.43. The molecule has 14 heteroatoms. The number of rotatable bonds is 4. The Labute approximate surface area is 205 Å². The predicted molar refractivity (Wildman–Crippen MR) is 122 cm³/mol. The number of fused-ring (bicyclic) bond motifs is 1. The van der Waals surface area contributed by atoms with Gasteiger partial charge in [0, 0.05) is 42.4 Å². The van der Waals surface area contributed by atoms with Crippen LogP contribution >= 0.6 is 11.5 Å². The molecular formula is C22H19F6N7S. The highest BCUT2D eigenvalue weighted by atomic mass is 32.1. The third-order valence-electron chi connectivity index (χ3n) is 5.88. The number of anilines is 2. The van der Waals surface area contributed by atoms with Crippen molar-refractivity contribution in [1.82, 2.24) is 24.0 Å². The molecule has 0 saturated carbocycles. The van der Waals surface area contributed by atoms with E-state index in [-0.39, 0.29) is 34.8 Å². The summed E-state index contributed by atoms with van der Waals surface area (Å²) in [5.74, 6) is 0.971. The second-order valence-corrected chi connectivity index (χ2v) is 9.18. The molecule has 4 aromatic rings. The number of pyridine rings is 1. The average Bonchev–Trinajstić information content (AvgIpc) is 3.43. The first-order valence-electron chi connectivity index (χ1n) is 10.9. The van der Waals surface area contributed by atoms with E-state index < -0.39 is 23.5 Å². The van der Waals surface area contributed by atoms with Gasteiger partial charge < -0.3 is 10.2 Å². The van der Waals surface area contributed by atoms with E-state index in [4.69, 9.17) is 0 Å². The lowest BCUT2D eigenvalue weighted by Gasteiger charge is -2.31. The molecule has 0 aliphatic carbocycles. The van der Waals surface area contributed by atoms with Crippen LogP contribution in [0.1, 0.15) is 29.8 Å². The minimum Gasteiger partial charge on any atom is -0.350 e. The van der Waals surface area contributed by atoms with Crippen LogP contribution in [0, 0.1) is 6.92 Å². The number of hydrogen-bond acceptors (Lipinski definition) is 7. The summed E-state index contributed by atoms with van der Waals surface area (Å²) in [7, 11) is 0. The number of hydrogen-bond donors (Lipinski definition) is 1. The molecule has 5 rings (SSSR count). The van der Waals surface area contributed by atoms with Gasteiger partial charge in [-0.2, -0.15) is 35.7 Å². The molecular weight excluding hydrogens is 508 g/mol. The number of nitrogens with zero attached hydrogens (tertiary/aromatic N) is 6. The van der Waals surface area contributed by atoms with Crippen molar-refractivity contribution in [1.29, 1.82) is 0 Å². The maximum absolute atomic E-state index is 13.3. The van der Waals surface area contributed by atoms with Gasteiger partial charge in [0.1, 0.15) is 5.82 Å². The SMILES string of the molecule is Cc1nsc(N2CCC(Nc3nc4c(-c5cc(C(F)(F)F)cc(C(F)(F)F)c5)cccn4n3)CC2)n1. The van der Waals surface area contributed by atoms with Crippen LogP contribution in [0.25, 0.3) is 16.8 Å². The van der Waals surface area contributed by atoms with Crippen LogP contribution in [0.4, 0.5) is 37.4 Å². The third kappa shape index (κ3) is 4.94. The molecule has 4 heterocycles. The summed E-state index contributed by atoms with van der Waals surface area (Å²) < 4.78 is 85.6. The molecule has 1 N–H and O–H groups in total. The van der Waals surface area contributed by atoms with E-state index in [0.29, 0.717) is 12.1 Å². The van der Waals surface area contributed by atoms with Crippen LogP contribution in [0.2, 0.25) is 0 Å². The second kappa shape index (κ2) is 8.91. The number of benzene rings is 1. The summed E-state index contributed by atoms with van der Waals surface area (Å²) >= 11 is 1.34. The maximum Gasteiger partial charge on any atom is 0.416 e. The Morgan fingerprint density at radius 3 is 2.22 bits per heavy atom. The van der Waals surface area contributed by atoms with Gasteiger partial charge in [-0.3, -0.25) is 0 Å². The van der Waals surface area contributed by atoms with Crippen molar-refractivity contribution in [2.24, 2.45) is 0 Å². The average molecular weight is 527 g/mol. The van der Waals surface area contributed by atoms with E-state index in [1.54, 1.807) is 0 Å². The van der Waals surface area contributed by atoms with Gasteiger partial charge in [-0.1, -0.05) is 0 Å². The highest BCUT2D eigenvalue weighted by molar-refractivity contribution is 7.09. The largest absolute Gasteiger partial charge is 0.416 e. The predicted octanol–water partition coefficient (Wildman–Crippen LogP) is 5.67. The Kier molecular flexibility index (Phi) is 6.01. The van der Waals surface area contributed by atoms with Gasteiger partial charge in [-0.25, -0.2) is 9.50 Å². The Morgan fingerprint density at radius 2 is 1.64 bits per heavy atom. The van der Waals surface area contributed by atoms with Gasteiger partial charge in [0.2, 0.25) is 11.1 Å². The Bertz CT molecular complexity index is 1350. The summed E-state index contributed by atoms with van der Waals surface area (Å²) in [6.45, 7) is 3.33. The van der Waals surface area contributed by atoms with Gasteiger partial charge in [0.15, 0.2) is 5.65 Å². The standard InChI is InChI=1S/C22H19F6N7S/c1-12-29-20(36-33-12)34-7-4-16(5-8-34)30-19-31-18-17(3-2-6-35(18)32-19)13-9-14(21(23,24)25)11-15(10-13)22(26,27)28/h2-3,6,9-11,16H,4-5,7-8H2,1H3,(H,30,32). The highest BCUT2D eigenvalue weighted by Gasteiger charge is 2.37. The molecule has 0 unspecified atom stereocenters. The highest BCUT2D eigenvalue weighted by Crippen LogP contribution is 2.39. The van der Waals surface area contributed by atoms with E-state index in [1.165, 1.54) is 34.4 Å². The van der Waals surface area contributed by atoms with Crippen molar-refractivity contribution >= 4 is 28.3 Å². The van der Waals surface area contributed by atoms with Gasteiger partial charge in [-0.05, 0) is 55.7 Å². The summed E-state index contributed by atoms with van der Waals surface area (Å²) in [5.41, 5.74) is -2.76. The molecule has 1 aliphatic rings. The number of halogens is 6. The number of alkyl halides is 6. The molecule has 0 radical (unpaired) electrons. The van der Waals surface area contributed by atoms with Crippen molar-refractivity contribution < 1.29 is 26.3 Å². The first-order chi connectivity index (χ1) is 17.0. The Hall–Kier alpha value is -3.42. The molecule has 3 aromatic heterocycles. The fourth-order valence-electron chi connectivity index (χ4n) is 4.12. The van der Waals surface area contributed by atoms with Crippen LogP contribution in [0.3, 0.4) is 0 Å². The van der Waals surface area contributed by atoms with Gasteiger partial charge in [0.25, 0.3) is 0 Å². The molecule has 1 aliphatic heterocycles. The number of nitrogens with one attached hydrogen (secondary N) is 1. The van der Waals surface area contributed by atoms with Crippen LogP contribution < -0.4 is 10.2 Å². The maximum atomic E-state index is 13.3. The minimum absolute atomic E-state index is 0.0431. The lowest BCUT2D eigenvalue weighted by Crippen LogP contribution is -2.39. The van der Waals surface area contributed by atoms with Crippen LogP contribution in [0.15, 0.2) is 36.5 Å². The molecule has 0 atom stereocenters. The molecule has 0 amide bonds. The Morgan fingerprint density at radius 1 is 0.972 bits per heavy atom. The molecule has 1 fully saturated rings. The molecule has 1 aromatic carbocycles. The summed E-state index contributed by atoms with van der Waals surface area (Å²) in [6, 6.07) is 4.45. The minimum atomic E-state index is -4.94.